The predicted molar refractivity (Wildman–Crippen MR) is 103 cm³/mol. The Morgan fingerprint density at radius 1 is 1.14 bits per heavy atom. The Morgan fingerprint density at radius 3 is 2.36 bits per heavy atom. The highest BCUT2D eigenvalue weighted by Gasteiger charge is 2.27. The van der Waals surface area contributed by atoms with E-state index in [9.17, 15) is 5.11 Å². The molecule has 0 unspecified atom stereocenters. The molecular weight excluding hydrogens is 391 g/mol. The molecule has 0 atom stereocenters. The van der Waals surface area contributed by atoms with Crippen molar-refractivity contribution in [3.8, 4) is 0 Å². The van der Waals surface area contributed by atoms with E-state index in [-0.39, 0.29) is 30.1 Å². The van der Waals surface area contributed by atoms with E-state index in [0.717, 1.165) is 63.9 Å². The molecule has 2 aliphatic carbocycles. The molecule has 0 spiro atoms. The van der Waals surface area contributed by atoms with Gasteiger partial charge in [-0.05, 0) is 52.0 Å². The van der Waals surface area contributed by atoms with Gasteiger partial charge in [0.25, 0.3) is 0 Å². The van der Waals surface area contributed by atoms with E-state index >= 15 is 0 Å². The molecule has 6 heteroatoms. The third-order valence-electron chi connectivity index (χ3n) is 4.51. The van der Waals surface area contributed by atoms with Crippen molar-refractivity contribution in [3.63, 3.8) is 0 Å². The van der Waals surface area contributed by atoms with E-state index in [1.165, 1.54) is 12.8 Å². The van der Waals surface area contributed by atoms with Gasteiger partial charge >= 0.3 is 0 Å². The summed E-state index contributed by atoms with van der Waals surface area (Å²) < 4.78 is 0. The second-order valence-corrected chi connectivity index (χ2v) is 6.27. The molecule has 0 aromatic rings. The Balaban J connectivity index is 0.00000242. The quantitative estimate of drug-likeness (QED) is 0.332. The van der Waals surface area contributed by atoms with E-state index in [2.05, 4.69) is 29.4 Å². The maximum Gasteiger partial charge on any atom is 0.191 e. The van der Waals surface area contributed by atoms with E-state index in [1.807, 2.05) is 0 Å². The van der Waals surface area contributed by atoms with Gasteiger partial charge in [0.2, 0.25) is 0 Å². The van der Waals surface area contributed by atoms with E-state index in [1.54, 1.807) is 0 Å². The summed E-state index contributed by atoms with van der Waals surface area (Å²) in [5.74, 6) is 0.936. The topological polar surface area (TPSA) is 59.9 Å². The SMILES string of the molecule is CCNC(=NCCN(CC)C1CC1)NC1CCC(O)CC1.I. The van der Waals surface area contributed by atoms with E-state index in [0.29, 0.717) is 6.04 Å². The highest BCUT2D eigenvalue weighted by Crippen LogP contribution is 2.25. The predicted octanol–water partition coefficient (Wildman–Crippen LogP) is 1.95. The maximum atomic E-state index is 9.57. The molecule has 0 bridgehead atoms. The molecule has 2 saturated carbocycles. The molecule has 3 N–H and O–H groups in total. The normalized spacial score (nSPS) is 25.7. The lowest BCUT2D eigenvalue weighted by atomic mass is 9.93. The van der Waals surface area contributed by atoms with Crippen molar-refractivity contribution >= 4 is 29.9 Å². The standard InChI is InChI=1S/C16H32N4O.HI/c1-3-17-16(19-13-5-9-15(21)10-6-13)18-11-12-20(4-2)14-7-8-14;/h13-15,21H,3-12H2,1-2H3,(H2,17,18,19);1H. The van der Waals surface area contributed by atoms with Crippen molar-refractivity contribution in [3.05, 3.63) is 0 Å². The van der Waals surface area contributed by atoms with E-state index < -0.39 is 0 Å². The van der Waals surface area contributed by atoms with Gasteiger partial charge in [0.05, 0.1) is 12.6 Å². The monoisotopic (exact) mass is 424 g/mol. The van der Waals surface area contributed by atoms with Crippen LogP contribution in [0, 0.1) is 0 Å². The van der Waals surface area contributed by atoms with Gasteiger partial charge in [0, 0.05) is 25.2 Å². The molecule has 2 fully saturated rings. The number of likely N-dealkylation sites (N-methyl/N-ethyl adjacent to an activating group) is 1. The molecule has 130 valence electrons. The lowest BCUT2D eigenvalue weighted by Gasteiger charge is -2.27. The smallest absolute Gasteiger partial charge is 0.191 e. The average Bonchev–Trinajstić information content (AvgIpc) is 3.31. The van der Waals surface area contributed by atoms with Crippen molar-refractivity contribution in [2.45, 2.75) is 70.6 Å². The minimum absolute atomic E-state index is 0. The Bertz CT molecular complexity index is 328. The molecule has 0 aliphatic heterocycles. The summed E-state index contributed by atoms with van der Waals surface area (Å²) in [6.45, 7) is 8.27. The van der Waals surface area contributed by atoms with Crippen LogP contribution in [0.3, 0.4) is 0 Å². The van der Waals surface area contributed by atoms with Gasteiger partial charge in [-0.3, -0.25) is 9.89 Å². The molecule has 0 amide bonds. The fourth-order valence-corrected chi connectivity index (χ4v) is 3.06. The van der Waals surface area contributed by atoms with Crippen molar-refractivity contribution in [1.29, 1.82) is 0 Å². The Labute approximate surface area is 152 Å². The first-order valence-electron chi connectivity index (χ1n) is 8.69. The Kier molecular flexibility index (Phi) is 9.66. The Hall–Kier alpha value is -0.0800. The molecule has 2 aliphatic rings. The van der Waals surface area contributed by atoms with Crippen molar-refractivity contribution in [1.82, 2.24) is 15.5 Å². The zero-order chi connectivity index (χ0) is 15.1. The number of guanidine groups is 1. The number of aliphatic hydroxyl groups is 1. The second-order valence-electron chi connectivity index (χ2n) is 6.27. The number of hydrogen-bond acceptors (Lipinski definition) is 3. The highest BCUT2D eigenvalue weighted by molar-refractivity contribution is 14.0. The zero-order valence-corrected chi connectivity index (χ0v) is 16.4. The number of rotatable bonds is 7. The fourth-order valence-electron chi connectivity index (χ4n) is 3.06. The second kappa shape index (κ2) is 10.6. The van der Waals surface area contributed by atoms with Gasteiger partial charge < -0.3 is 15.7 Å². The van der Waals surface area contributed by atoms with Gasteiger partial charge in [0.15, 0.2) is 5.96 Å². The van der Waals surface area contributed by atoms with Crippen LogP contribution in [-0.2, 0) is 0 Å². The molecule has 0 heterocycles. The maximum absolute atomic E-state index is 9.57. The third-order valence-corrected chi connectivity index (χ3v) is 4.51. The summed E-state index contributed by atoms with van der Waals surface area (Å²) in [5, 5.41) is 16.4. The van der Waals surface area contributed by atoms with Crippen LogP contribution in [0.15, 0.2) is 4.99 Å². The van der Waals surface area contributed by atoms with Crippen molar-refractivity contribution in [2.75, 3.05) is 26.2 Å². The summed E-state index contributed by atoms with van der Waals surface area (Å²) in [6, 6.07) is 1.28. The number of aliphatic hydroxyl groups excluding tert-OH is 1. The number of nitrogens with zero attached hydrogens (tertiary/aromatic N) is 2. The van der Waals surface area contributed by atoms with Gasteiger partial charge in [0.1, 0.15) is 0 Å². The molecule has 0 aromatic heterocycles. The minimum atomic E-state index is -0.0979. The van der Waals surface area contributed by atoms with Crippen LogP contribution >= 0.6 is 24.0 Å². The number of halogens is 1. The first kappa shape index (κ1) is 20.0. The lowest BCUT2D eigenvalue weighted by molar-refractivity contribution is 0.120. The molecule has 0 radical (unpaired) electrons. The van der Waals surface area contributed by atoms with Crippen LogP contribution in [0.4, 0.5) is 0 Å². The lowest BCUT2D eigenvalue weighted by Crippen LogP contribution is -2.45. The van der Waals surface area contributed by atoms with Crippen LogP contribution < -0.4 is 10.6 Å². The summed E-state index contributed by atoms with van der Waals surface area (Å²) in [6.07, 6.45) is 6.51. The molecular formula is C16H33IN4O. The molecule has 0 saturated heterocycles. The van der Waals surface area contributed by atoms with Crippen LogP contribution in [0.25, 0.3) is 0 Å². The van der Waals surface area contributed by atoms with E-state index in [4.69, 9.17) is 4.99 Å². The van der Waals surface area contributed by atoms with Gasteiger partial charge in [-0.15, -0.1) is 24.0 Å². The fraction of sp³-hybridized carbons (Fsp3) is 0.938. The van der Waals surface area contributed by atoms with Crippen molar-refractivity contribution < 1.29 is 5.11 Å². The van der Waals surface area contributed by atoms with Crippen LogP contribution in [0.2, 0.25) is 0 Å². The summed E-state index contributed by atoms with van der Waals surface area (Å²) in [7, 11) is 0. The third kappa shape index (κ3) is 7.00. The van der Waals surface area contributed by atoms with Crippen LogP contribution in [-0.4, -0.2) is 60.3 Å². The zero-order valence-electron chi connectivity index (χ0n) is 14.1. The molecule has 22 heavy (non-hydrogen) atoms. The highest BCUT2D eigenvalue weighted by atomic mass is 127. The first-order chi connectivity index (χ1) is 10.2. The van der Waals surface area contributed by atoms with Crippen LogP contribution in [0.1, 0.15) is 52.4 Å². The average molecular weight is 424 g/mol. The number of aliphatic imine (C=N–C) groups is 1. The van der Waals surface area contributed by atoms with Gasteiger partial charge in [-0.2, -0.15) is 0 Å². The largest absolute Gasteiger partial charge is 0.393 e. The summed E-state index contributed by atoms with van der Waals surface area (Å²) in [5.41, 5.74) is 0. The van der Waals surface area contributed by atoms with Crippen LogP contribution in [0.5, 0.6) is 0 Å². The first-order valence-corrected chi connectivity index (χ1v) is 8.69. The van der Waals surface area contributed by atoms with Gasteiger partial charge in [-0.1, -0.05) is 6.92 Å². The molecule has 2 rings (SSSR count). The van der Waals surface area contributed by atoms with Gasteiger partial charge in [-0.25, -0.2) is 0 Å². The summed E-state index contributed by atoms with van der Waals surface area (Å²) in [4.78, 5) is 7.25. The molecule has 0 aromatic carbocycles. The number of nitrogens with one attached hydrogen (secondary N) is 2. The Morgan fingerprint density at radius 2 is 1.82 bits per heavy atom. The summed E-state index contributed by atoms with van der Waals surface area (Å²) >= 11 is 0. The molecule has 5 nitrogen and oxygen atoms in total. The number of hydrogen-bond donors (Lipinski definition) is 3. The minimum Gasteiger partial charge on any atom is -0.393 e. The van der Waals surface area contributed by atoms with Crippen molar-refractivity contribution in [2.24, 2.45) is 4.99 Å².